The number of phenolic OH excluding ortho intramolecular Hbond substituents is 1. The van der Waals surface area contributed by atoms with Crippen LogP contribution in [0.15, 0.2) is 67.0 Å². The van der Waals surface area contributed by atoms with Gasteiger partial charge in [0.05, 0.1) is 28.4 Å². The van der Waals surface area contributed by atoms with E-state index in [0.717, 1.165) is 17.1 Å². The molecule has 0 aliphatic carbocycles. The normalized spacial score (nSPS) is 11.4. The Labute approximate surface area is 185 Å². The predicted octanol–water partition coefficient (Wildman–Crippen LogP) is 4.78. The molecule has 0 bridgehead atoms. The average Bonchev–Trinajstić information content (AvgIpc) is 3.41. The van der Waals surface area contributed by atoms with Gasteiger partial charge in [-0.2, -0.15) is 5.10 Å². The molecule has 0 fully saturated rings. The van der Waals surface area contributed by atoms with E-state index in [1.165, 1.54) is 18.3 Å². The fourth-order valence-electron chi connectivity index (χ4n) is 3.90. The summed E-state index contributed by atoms with van der Waals surface area (Å²) in [5.74, 6) is -0.151. The van der Waals surface area contributed by atoms with E-state index in [9.17, 15) is 14.6 Å². The number of fused-ring (bicyclic) bond motifs is 2. The molecular formula is C24H15FN6O2. The molecule has 4 heterocycles. The molecule has 0 radical (unpaired) electrons. The number of nitrogens with one attached hydrogen (secondary N) is 2. The number of rotatable bonds is 3. The molecule has 0 amide bonds. The number of benzene rings is 2. The van der Waals surface area contributed by atoms with Crippen molar-refractivity contribution in [2.24, 2.45) is 0 Å². The lowest BCUT2D eigenvalue weighted by Crippen LogP contribution is -1.88. The fourth-order valence-corrected chi connectivity index (χ4v) is 3.90. The van der Waals surface area contributed by atoms with E-state index in [1.54, 1.807) is 12.3 Å². The third kappa shape index (κ3) is 3.23. The highest BCUT2D eigenvalue weighted by Crippen LogP contribution is 2.33. The summed E-state index contributed by atoms with van der Waals surface area (Å²) in [7, 11) is 0. The molecule has 0 aliphatic rings. The molecule has 0 saturated carbocycles. The van der Waals surface area contributed by atoms with E-state index in [0.29, 0.717) is 44.9 Å². The number of hydrogen-bond donors (Lipinski definition) is 4. The number of halogens is 1. The zero-order chi connectivity index (χ0) is 22.5. The van der Waals surface area contributed by atoms with Crippen LogP contribution < -0.4 is 0 Å². The molecule has 0 aliphatic heterocycles. The Hall–Kier alpha value is -4.79. The highest BCUT2D eigenvalue weighted by Gasteiger charge is 2.17. The Bertz CT molecular complexity index is 1650. The van der Waals surface area contributed by atoms with Crippen LogP contribution in [0.2, 0.25) is 0 Å². The molecule has 9 heteroatoms. The van der Waals surface area contributed by atoms with Crippen LogP contribution in [-0.4, -0.2) is 40.3 Å². The van der Waals surface area contributed by atoms with Crippen LogP contribution in [0.4, 0.5) is 4.39 Å². The van der Waals surface area contributed by atoms with E-state index >= 15 is 0 Å². The number of aromatic hydroxyl groups is 2. The largest absolute Gasteiger partial charge is 0.508 e. The third-order valence-electron chi connectivity index (χ3n) is 5.36. The van der Waals surface area contributed by atoms with Crippen molar-refractivity contribution in [3.8, 4) is 45.4 Å². The summed E-state index contributed by atoms with van der Waals surface area (Å²) in [5.41, 5.74) is 5.66. The molecule has 6 aromatic rings. The summed E-state index contributed by atoms with van der Waals surface area (Å²) in [4.78, 5) is 16.7. The maximum atomic E-state index is 13.9. The quantitative estimate of drug-likeness (QED) is 0.315. The summed E-state index contributed by atoms with van der Waals surface area (Å²) in [6.07, 6.45) is 2.98. The lowest BCUT2D eigenvalue weighted by Gasteiger charge is -2.04. The van der Waals surface area contributed by atoms with E-state index in [-0.39, 0.29) is 11.5 Å². The van der Waals surface area contributed by atoms with Gasteiger partial charge in [0, 0.05) is 23.4 Å². The van der Waals surface area contributed by atoms with Crippen LogP contribution in [0.1, 0.15) is 0 Å². The van der Waals surface area contributed by atoms with Gasteiger partial charge in [0.1, 0.15) is 22.8 Å². The number of hydrogen-bond acceptors (Lipinski definition) is 6. The molecule has 8 nitrogen and oxygen atoms in total. The van der Waals surface area contributed by atoms with E-state index < -0.39 is 5.82 Å². The lowest BCUT2D eigenvalue weighted by molar-refractivity contribution is 0.469. The second-order valence-electron chi connectivity index (χ2n) is 7.58. The number of imidazole rings is 1. The predicted molar refractivity (Wildman–Crippen MR) is 121 cm³/mol. The maximum Gasteiger partial charge on any atom is 0.161 e. The van der Waals surface area contributed by atoms with Gasteiger partial charge in [0.15, 0.2) is 11.5 Å². The molecule has 160 valence electrons. The van der Waals surface area contributed by atoms with Crippen LogP contribution >= 0.6 is 0 Å². The Morgan fingerprint density at radius 1 is 0.788 bits per heavy atom. The highest BCUT2D eigenvalue weighted by molar-refractivity contribution is 5.96. The van der Waals surface area contributed by atoms with Gasteiger partial charge >= 0.3 is 0 Å². The minimum absolute atomic E-state index is 0.0509. The first-order valence-electron chi connectivity index (χ1n) is 10.0. The van der Waals surface area contributed by atoms with Gasteiger partial charge in [0.25, 0.3) is 0 Å². The smallest absolute Gasteiger partial charge is 0.161 e. The number of aromatic amines is 2. The van der Waals surface area contributed by atoms with Gasteiger partial charge < -0.3 is 15.2 Å². The van der Waals surface area contributed by atoms with Crippen molar-refractivity contribution in [3.05, 3.63) is 72.8 Å². The summed E-state index contributed by atoms with van der Waals surface area (Å²) in [6, 6.07) is 14.7. The summed E-state index contributed by atoms with van der Waals surface area (Å²) in [5, 5.41) is 26.9. The van der Waals surface area contributed by atoms with Crippen molar-refractivity contribution >= 4 is 22.1 Å². The monoisotopic (exact) mass is 438 g/mol. The lowest BCUT2D eigenvalue weighted by atomic mass is 10.0. The third-order valence-corrected chi connectivity index (χ3v) is 5.36. The zero-order valence-electron chi connectivity index (χ0n) is 16.9. The molecule has 4 N–H and O–H groups in total. The van der Waals surface area contributed by atoms with Crippen molar-refractivity contribution in [3.63, 3.8) is 0 Å². The maximum absolute atomic E-state index is 13.9. The fraction of sp³-hybridized carbons (Fsp3) is 0. The molecule has 0 atom stereocenters. The van der Waals surface area contributed by atoms with Gasteiger partial charge in [-0.1, -0.05) is 12.1 Å². The van der Waals surface area contributed by atoms with Crippen LogP contribution in [0, 0.1) is 5.82 Å². The van der Waals surface area contributed by atoms with Crippen molar-refractivity contribution in [1.82, 2.24) is 30.1 Å². The minimum Gasteiger partial charge on any atom is -0.508 e. The Kier molecular flexibility index (Phi) is 4.09. The van der Waals surface area contributed by atoms with Gasteiger partial charge in [-0.15, -0.1) is 0 Å². The first kappa shape index (κ1) is 18.9. The van der Waals surface area contributed by atoms with Gasteiger partial charge in [-0.05, 0) is 42.0 Å². The topological polar surface area (TPSA) is 124 Å². The van der Waals surface area contributed by atoms with Crippen LogP contribution in [-0.2, 0) is 0 Å². The number of aromatic nitrogens is 6. The SMILES string of the molecule is Oc1cncc(-c2ccc3[nH]nc(-c4nc5c(-c6cc(O)cc(F)c6)cccc5[nH]4)c3n2)c1. The number of phenols is 1. The Morgan fingerprint density at radius 3 is 2.52 bits per heavy atom. The van der Waals surface area contributed by atoms with Crippen LogP contribution in [0.5, 0.6) is 11.5 Å². The zero-order valence-corrected chi connectivity index (χ0v) is 16.9. The number of pyridine rings is 2. The molecule has 6 rings (SSSR count). The number of nitrogens with zero attached hydrogens (tertiary/aromatic N) is 4. The molecule has 0 unspecified atom stereocenters. The summed E-state index contributed by atoms with van der Waals surface area (Å²) in [6.45, 7) is 0. The van der Waals surface area contributed by atoms with E-state index in [4.69, 9.17) is 9.97 Å². The second kappa shape index (κ2) is 7.13. The van der Waals surface area contributed by atoms with Crippen LogP contribution in [0.25, 0.3) is 56.0 Å². The molecule has 0 saturated heterocycles. The minimum atomic E-state index is -0.533. The molecular weight excluding hydrogens is 423 g/mol. The standard InChI is InChI=1S/C24H15FN6O2/c25-14-6-12(7-15(32)9-14)17-2-1-3-19-21(17)29-24(28-19)23-22-20(30-31-23)5-4-18(27-22)13-8-16(33)11-26-10-13/h1-11,32-33H,(H,28,29)(H,30,31). The van der Waals surface area contributed by atoms with Crippen LogP contribution in [0.3, 0.4) is 0 Å². The van der Waals surface area contributed by atoms with Crippen molar-refractivity contribution in [2.75, 3.05) is 0 Å². The van der Waals surface area contributed by atoms with E-state index in [2.05, 4.69) is 20.2 Å². The van der Waals surface area contributed by atoms with Gasteiger partial charge in [-0.3, -0.25) is 10.1 Å². The van der Waals surface area contributed by atoms with Gasteiger partial charge in [0.2, 0.25) is 0 Å². The number of H-pyrrole nitrogens is 2. The van der Waals surface area contributed by atoms with Crippen molar-refractivity contribution < 1.29 is 14.6 Å². The van der Waals surface area contributed by atoms with Crippen molar-refractivity contribution in [1.29, 1.82) is 0 Å². The molecule has 2 aromatic carbocycles. The number of para-hydroxylation sites is 1. The molecule has 0 spiro atoms. The average molecular weight is 438 g/mol. The first-order chi connectivity index (χ1) is 16.0. The summed E-state index contributed by atoms with van der Waals surface area (Å²) >= 11 is 0. The van der Waals surface area contributed by atoms with E-state index in [1.807, 2.05) is 30.3 Å². The Morgan fingerprint density at radius 2 is 1.67 bits per heavy atom. The Balaban J connectivity index is 1.51. The molecule has 33 heavy (non-hydrogen) atoms. The van der Waals surface area contributed by atoms with Gasteiger partial charge in [-0.25, -0.2) is 14.4 Å². The second-order valence-corrected chi connectivity index (χ2v) is 7.58. The van der Waals surface area contributed by atoms with Crippen molar-refractivity contribution in [2.45, 2.75) is 0 Å². The first-order valence-corrected chi connectivity index (χ1v) is 10.0. The summed E-state index contributed by atoms with van der Waals surface area (Å²) < 4.78 is 13.9. The molecule has 4 aromatic heterocycles. The highest BCUT2D eigenvalue weighted by atomic mass is 19.1.